The summed E-state index contributed by atoms with van der Waals surface area (Å²) in [6.07, 6.45) is 0.946. The summed E-state index contributed by atoms with van der Waals surface area (Å²) in [6, 6.07) is 5.97. The van der Waals surface area contributed by atoms with Crippen molar-refractivity contribution in [1.82, 2.24) is 10.3 Å². The Labute approximate surface area is 130 Å². The molecule has 0 bridgehead atoms. The molecule has 114 valence electrons. The minimum atomic E-state index is 0.614. The highest BCUT2D eigenvalue weighted by molar-refractivity contribution is 7.15. The van der Waals surface area contributed by atoms with Crippen molar-refractivity contribution in [3.63, 3.8) is 0 Å². The molecule has 0 aliphatic rings. The first kappa shape index (κ1) is 15.8. The van der Waals surface area contributed by atoms with E-state index in [2.05, 4.69) is 12.2 Å². The number of benzene rings is 1. The highest BCUT2D eigenvalue weighted by Crippen LogP contribution is 2.35. The van der Waals surface area contributed by atoms with Gasteiger partial charge in [-0.3, -0.25) is 0 Å². The molecule has 0 saturated carbocycles. The lowest BCUT2D eigenvalue weighted by molar-refractivity contribution is 0.311. The van der Waals surface area contributed by atoms with Crippen LogP contribution >= 0.6 is 11.3 Å². The lowest BCUT2D eigenvalue weighted by Crippen LogP contribution is -2.05. The predicted molar refractivity (Wildman–Crippen MR) is 87.4 cm³/mol. The van der Waals surface area contributed by atoms with E-state index in [1.54, 1.807) is 18.4 Å². The average molecular weight is 306 g/mol. The van der Waals surface area contributed by atoms with Gasteiger partial charge in [-0.15, -0.1) is 11.3 Å². The van der Waals surface area contributed by atoms with Gasteiger partial charge in [-0.25, -0.2) is 4.98 Å². The van der Waals surface area contributed by atoms with Gasteiger partial charge in [0.05, 0.1) is 19.4 Å². The molecule has 0 spiro atoms. The second kappa shape index (κ2) is 7.43. The van der Waals surface area contributed by atoms with E-state index in [-0.39, 0.29) is 0 Å². The van der Waals surface area contributed by atoms with Gasteiger partial charge in [-0.05, 0) is 38.6 Å². The molecule has 4 nitrogen and oxygen atoms in total. The molecule has 0 fully saturated rings. The molecule has 1 N–H and O–H groups in total. The molecular weight excluding hydrogens is 284 g/mol. The van der Waals surface area contributed by atoms with Crippen molar-refractivity contribution < 1.29 is 9.47 Å². The predicted octanol–water partition coefficient (Wildman–Crippen LogP) is 3.50. The second-order valence-electron chi connectivity index (χ2n) is 4.57. The summed E-state index contributed by atoms with van der Waals surface area (Å²) in [5, 5.41) is 4.23. The maximum Gasteiger partial charge on any atom is 0.161 e. The maximum absolute atomic E-state index is 5.64. The molecule has 0 aliphatic heterocycles. The third kappa shape index (κ3) is 3.54. The fourth-order valence-electron chi connectivity index (χ4n) is 2.16. The highest BCUT2D eigenvalue weighted by atomic mass is 32.1. The Morgan fingerprint density at radius 2 is 2.05 bits per heavy atom. The minimum Gasteiger partial charge on any atom is -0.493 e. The number of methoxy groups -OCH3 is 1. The van der Waals surface area contributed by atoms with Crippen LogP contribution in [0, 0.1) is 0 Å². The van der Waals surface area contributed by atoms with Crippen LogP contribution in [0.4, 0.5) is 0 Å². The Morgan fingerprint density at radius 3 is 2.67 bits per heavy atom. The van der Waals surface area contributed by atoms with E-state index in [4.69, 9.17) is 14.5 Å². The van der Waals surface area contributed by atoms with Crippen LogP contribution in [0.2, 0.25) is 0 Å². The smallest absolute Gasteiger partial charge is 0.161 e. The Balaban J connectivity index is 2.39. The van der Waals surface area contributed by atoms with Gasteiger partial charge in [0.15, 0.2) is 11.5 Å². The average Bonchev–Trinajstić information content (AvgIpc) is 2.91. The number of hydrogen-bond acceptors (Lipinski definition) is 5. The summed E-state index contributed by atoms with van der Waals surface area (Å²) in [4.78, 5) is 6.05. The van der Waals surface area contributed by atoms with Crippen LogP contribution < -0.4 is 14.8 Å². The maximum atomic E-state index is 5.64. The Kier molecular flexibility index (Phi) is 5.59. The molecule has 0 radical (unpaired) electrons. The largest absolute Gasteiger partial charge is 0.493 e. The lowest BCUT2D eigenvalue weighted by Gasteiger charge is -2.10. The van der Waals surface area contributed by atoms with E-state index < -0.39 is 0 Å². The molecule has 2 rings (SSSR count). The van der Waals surface area contributed by atoms with E-state index in [1.807, 2.05) is 32.2 Å². The summed E-state index contributed by atoms with van der Waals surface area (Å²) in [5.41, 5.74) is 2.24. The first-order valence-corrected chi connectivity index (χ1v) is 7.99. The van der Waals surface area contributed by atoms with Gasteiger partial charge in [0.25, 0.3) is 0 Å². The van der Waals surface area contributed by atoms with Crippen molar-refractivity contribution in [2.24, 2.45) is 0 Å². The van der Waals surface area contributed by atoms with Crippen LogP contribution in [-0.2, 0) is 13.0 Å². The Hall–Kier alpha value is -1.59. The van der Waals surface area contributed by atoms with Gasteiger partial charge < -0.3 is 14.8 Å². The Bertz CT molecular complexity index is 596. The zero-order valence-electron chi connectivity index (χ0n) is 13.0. The van der Waals surface area contributed by atoms with Gasteiger partial charge in [0.2, 0.25) is 0 Å². The quantitative estimate of drug-likeness (QED) is 0.850. The molecule has 2 aromatic rings. The summed E-state index contributed by atoms with van der Waals surface area (Å²) < 4.78 is 11.0. The zero-order chi connectivity index (χ0) is 15.2. The Morgan fingerprint density at radius 1 is 1.24 bits per heavy atom. The number of thiazole rings is 1. The molecule has 0 amide bonds. The number of nitrogens with one attached hydrogen (secondary N) is 1. The number of ether oxygens (including phenoxy) is 2. The molecule has 1 aromatic carbocycles. The number of nitrogens with zero attached hydrogens (tertiary/aromatic N) is 1. The van der Waals surface area contributed by atoms with E-state index in [9.17, 15) is 0 Å². The third-order valence-electron chi connectivity index (χ3n) is 3.16. The lowest BCUT2D eigenvalue weighted by atomic mass is 10.2. The molecular formula is C16H22N2O2S. The fraction of sp³-hybridized carbons (Fsp3) is 0.438. The zero-order valence-corrected chi connectivity index (χ0v) is 13.8. The van der Waals surface area contributed by atoms with Crippen molar-refractivity contribution in [2.45, 2.75) is 26.8 Å². The van der Waals surface area contributed by atoms with Gasteiger partial charge in [-0.2, -0.15) is 0 Å². The van der Waals surface area contributed by atoms with Crippen LogP contribution in [0.3, 0.4) is 0 Å². The van der Waals surface area contributed by atoms with Crippen LogP contribution in [0.1, 0.15) is 24.4 Å². The summed E-state index contributed by atoms with van der Waals surface area (Å²) >= 11 is 1.73. The van der Waals surface area contributed by atoms with Crippen LogP contribution in [-0.4, -0.2) is 25.7 Å². The third-order valence-corrected chi connectivity index (χ3v) is 4.31. The first-order chi connectivity index (χ1) is 10.2. The molecule has 0 aliphatic carbocycles. The number of aromatic nitrogens is 1. The van der Waals surface area contributed by atoms with Crippen molar-refractivity contribution in [1.29, 1.82) is 0 Å². The van der Waals surface area contributed by atoms with Crippen molar-refractivity contribution in [2.75, 3.05) is 20.8 Å². The van der Waals surface area contributed by atoms with Crippen molar-refractivity contribution in [3.05, 3.63) is 28.8 Å². The van der Waals surface area contributed by atoms with E-state index in [0.717, 1.165) is 40.7 Å². The normalized spacial score (nSPS) is 10.7. The standard InChI is InChI=1S/C16H22N2O2S/c1-5-12-15(10-17-3)21-16(18-12)11-7-8-13(19-4)14(9-11)20-6-2/h7-9,17H,5-6,10H2,1-4H3. The number of aryl methyl sites for hydroxylation is 1. The van der Waals surface area contributed by atoms with Crippen molar-refractivity contribution in [3.8, 4) is 22.1 Å². The van der Waals surface area contributed by atoms with E-state index in [1.165, 1.54) is 4.88 Å². The minimum absolute atomic E-state index is 0.614. The number of rotatable bonds is 7. The van der Waals surface area contributed by atoms with Gasteiger partial charge >= 0.3 is 0 Å². The van der Waals surface area contributed by atoms with Gasteiger partial charge in [0, 0.05) is 17.0 Å². The molecule has 1 aromatic heterocycles. The fourth-order valence-corrected chi connectivity index (χ4v) is 3.32. The highest BCUT2D eigenvalue weighted by Gasteiger charge is 2.13. The monoisotopic (exact) mass is 306 g/mol. The summed E-state index contributed by atoms with van der Waals surface area (Å²) in [6.45, 7) is 5.57. The van der Waals surface area contributed by atoms with E-state index in [0.29, 0.717) is 6.61 Å². The number of hydrogen-bond donors (Lipinski definition) is 1. The first-order valence-electron chi connectivity index (χ1n) is 7.17. The molecule has 1 heterocycles. The van der Waals surface area contributed by atoms with Crippen LogP contribution in [0.25, 0.3) is 10.6 Å². The second-order valence-corrected chi connectivity index (χ2v) is 5.66. The topological polar surface area (TPSA) is 43.4 Å². The van der Waals surface area contributed by atoms with Gasteiger partial charge in [-0.1, -0.05) is 6.92 Å². The van der Waals surface area contributed by atoms with E-state index >= 15 is 0 Å². The molecule has 5 heteroatoms. The van der Waals surface area contributed by atoms with Gasteiger partial charge in [0.1, 0.15) is 5.01 Å². The van der Waals surface area contributed by atoms with Crippen LogP contribution in [0.15, 0.2) is 18.2 Å². The summed E-state index contributed by atoms with van der Waals surface area (Å²) in [5.74, 6) is 1.52. The molecule has 0 atom stereocenters. The SMILES string of the molecule is CCOc1cc(-c2nc(CC)c(CNC)s2)ccc1OC. The molecule has 0 unspecified atom stereocenters. The summed E-state index contributed by atoms with van der Waals surface area (Å²) in [7, 11) is 3.61. The van der Waals surface area contributed by atoms with Crippen LogP contribution in [0.5, 0.6) is 11.5 Å². The molecule has 21 heavy (non-hydrogen) atoms. The van der Waals surface area contributed by atoms with Crippen molar-refractivity contribution >= 4 is 11.3 Å². The molecule has 0 saturated heterocycles.